The summed E-state index contributed by atoms with van der Waals surface area (Å²) in [5.41, 5.74) is 1.70. The highest BCUT2D eigenvalue weighted by atomic mass is 16.5. The molecule has 4 rings (SSSR count). The minimum absolute atomic E-state index is 0.0821. The number of aliphatic hydroxyl groups is 1. The molecule has 0 radical (unpaired) electrons. The summed E-state index contributed by atoms with van der Waals surface area (Å²) in [6.45, 7) is 2.79. The molecule has 3 heterocycles. The quantitative estimate of drug-likeness (QED) is 0.709. The van der Waals surface area contributed by atoms with Crippen molar-refractivity contribution in [3.63, 3.8) is 0 Å². The van der Waals surface area contributed by atoms with Crippen molar-refractivity contribution in [2.24, 2.45) is 0 Å². The lowest BCUT2D eigenvalue weighted by Crippen LogP contribution is -2.52. The average Bonchev–Trinajstić information content (AvgIpc) is 2.86. The van der Waals surface area contributed by atoms with Gasteiger partial charge in [-0.05, 0) is 37.1 Å². The van der Waals surface area contributed by atoms with E-state index in [9.17, 15) is 14.7 Å². The summed E-state index contributed by atoms with van der Waals surface area (Å²) in [6, 6.07) is 13.2. The number of nitrogens with zero attached hydrogens (tertiary/aromatic N) is 3. The third kappa shape index (κ3) is 5.44. The van der Waals surface area contributed by atoms with Crippen LogP contribution in [0, 0.1) is 0 Å². The first-order chi connectivity index (χ1) is 15.6. The summed E-state index contributed by atoms with van der Waals surface area (Å²) in [5, 5.41) is 12.7. The molecular formula is C24H30N4O4. The van der Waals surface area contributed by atoms with Gasteiger partial charge in [0.25, 0.3) is 5.91 Å². The van der Waals surface area contributed by atoms with Crippen LogP contribution in [0.3, 0.4) is 0 Å². The van der Waals surface area contributed by atoms with E-state index in [0.717, 1.165) is 13.1 Å². The predicted octanol–water partition coefficient (Wildman–Crippen LogP) is 1.46. The number of ether oxygens (including phenoxy) is 1. The van der Waals surface area contributed by atoms with Crippen molar-refractivity contribution in [1.82, 2.24) is 15.2 Å². The van der Waals surface area contributed by atoms with Gasteiger partial charge < -0.3 is 25.0 Å². The van der Waals surface area contributed by atoms with Gasteiger partial charge in [0, 0.05) is 49.8 Å². The molecule has 32 heavy (non-hydrogen) atoms. The van der Waals surface area contributed by atoms with Crippen LogP contribution >= 0.6 is 0 Å². The Morgan fingerprint density at radius 3 is 2.44 bits per heavy atom. The van der Waals surface area contributed by atoms with E-state index in [2.05, 4.69) is 27.3 Å². The molecule has 2 N–H and O–H groups in total. The van der Waals surface area contributed by atoms with Crippen molar-refractivity contribution >= 4 is 17.5 Å². The Morgan fingerprint density at radius 2 is 1.75 bits per heavy atom. The molecular weight excluding hydrogens is 408 g/mol. The van der Waals surface area contributed by atoms with E-state index in [4.69, 9.17) is 4.74 Å². The van der Waals surface area contributed by atoms with Crippen LogP contribution in [0.4, 0.5) is 5.69 Å². The number of amides is 2. The maximum Gasteiger partial charge on any atom is 0.251 e. The van der Waals surface area contributed by atoms with Gasteiger partial charge in [0.05, 0.1) is 25.2 Å². The van der Waals surface area contributed by atoms with Crippen LogP contribution in [-0.2, 0) is 9.53 Å². The fourth-order valence-electron chi connectivity index (χ4n) is 4.38. The molecule has 8 nitrogen and oxygen atoms in total. The Bertz CT molecular complexity index is 887. The second-order valence-electron chi connectivity index (χ2n) is 8.28. The highest BCUT2D eigenvalue weighted by Crippen LogP contribution is 2.24. The van der Waals surface area contributed by atoms with Crippen LogP contribution in [0.1, 0.15) is 29.6 Å². The SMILES string of the molecule is O=C(N[C@@H]1CC[C@H](CC(=O)N2CCN(c3ccccc3)CC2)O[C@H]1CO)c1ccncc1. The molecule has 170 valence electrons. The second-order valence-corrected chi connectivity index (χ2v) is 8.28. The lowest BCUT2D eigenvalue weighted by molar-refractivity contribution is -0.140. The number of piperazine rings is 1. The summed E-state index contributed by atoms with van der Waals surface area (Å²) in [6.07, 6.45) is 3.97. The molecule has 1 aromatic heterocycles. The normalized spacial score (nSPS) is 23.6. The fraction of sp³-hybridized carbons (Fsp3) is 0.458. The number of aromatic nitrogens is 1. The second kappa shape index (κ2) is 10.6. The van der Waals surface area contributed by atoms with Gasteiger partial charge in [0.15, 0.2) is 0 Å². The molecule has 2 saturated heterocycles. The molecule has 2 aromatic rings. The minimum atomic E-state index is -0.526. The number of nitrogens with one attached hydrogen (secondary N) is 1. The molecule has 2 aliphatic heterocycles. The summed E-state index contributed by atoms with van der Waals surface area (Å²) < 4.78 is 6.00. The van der Waals surface area contributed by atoms with Crippen molar-refractivity contribution in [3.05, 3.63) is 60.4 Å². The Hall–Kier alpha value is -2.97. The summed E-state index contributed by atoms with van der Waals surface area (Å²) >= 11 is 0. The van der Waals surface area contributed by atoms with Crippen LogP contribution in [0.2, 0.25) is 0 Å². The number of pyridine rings is 1. The predicted molar refractivity (Wildman–Crippen MR) is 120 cm³/mol. The van der Waals surface area contributed by atoms with Crippen LogP contribution < -0.4 is 10.2 Å². The van der Waals surface area contributed by atoms with Crippen molar-refractivity contribution in [1.29, 1.82) is 0 Å². The first-order valence-electron chi connectivity index (χ1n) is 11.2. The molecule has 8 heteroatoms. The summed E-state index contributed by atoms with van der Waals surface area (Å²) in [7, 11) is 0. The van der Waals surface area contributed by atoms with Gasteiger partial charge in [0.1, 0.15) is 6.10 Å². The summed E-state index contributed by atoms with van der Waals surface area (Å²) in [4.78, 5) is 33.4. The van der Waals surface area contributed by atoms with E-state index in [1.54, 1.807) is 24.5 Å². The van der Waals surface area contributed by atoms with Gasteiger partial charge in [-0.1, -0.05) is 18.2 Å². The zero-order valence-electron chi connectivity index (χ0n) is 18.1. The largest absolute Gasteiger partial charge is 0.394 e. The molecule has 3 atom stereocenters. The van der Waals surface area contributed by atoms with E-state index < -0.39 is 6.10 Å². The van der Waals surface area contributed by atoms with E-state index in [-0.39, 0.29) is 30.6 Å². The van der Waals surface area contributed by atoms with Crippen LogP contribution in [0.25, 0.3) is 0 Å². The first kappa shape index (κ1) is 22.2. The highest BCUT2D eigenvalue weighted by molar-refractivity contribution is 5.94. The van der Waals surface area contributed by atoms with Crippen LogP contribution in [0.15, 0.2) is 54.9 Å². The third-order valence-corrected chi connectivity index (χ3v) is 6.21. The Balaban J connectivity index is 1.25. The molecule has 2 aliphatic rings. The number of hydrogen-bond acceptors (Lipinski definition) is 6. The maximum absolute atomic E-state index is 12.8. The number of carbonyl (C=O) groups excluding carboxylic acids is 2. The Kier molecular flexibility index (Phi) is 7.34. The number of anilines is 1. The maximum atomic E-state index is 12.8. The lowest BCUT2D eigenvalue weighted by Gasteiger charge is -2.39. The molecule has 0 aliphatic carbocycles. The van der Waals surface area contributed by atoms with Crippen molar-refractivity contribution in [2.75, 3.05) is 37.7 Å². The number of para-hydroxylation sites is 1. The molecule has 0 unspecified atom stereocenters. The van der Waals surface area contributed by atoms with Gasteiger partial charge in [-0.25, -0.2) is 0 Å². The van der Waals surface area contributed by atoms with Crippen molar-refractivity contribution < 1.29 is 19.4 Å². The zero-order valence-corrected chi connectivity index (χ0v) is 18.1. The smallest absolute Gasteiger partial charge is 0.251 e. The molecule has 0 spiro atoms. The molecule has 2 fully saturated rings. The zero-order chi connectivity index (χ0) is 22.3. The van der Waals surface area contributed by atoms with E-state index >= 15 is 0 Å². The number of benzene rings is 1. The van der Waals surface area contributed by atoms with Crippen LogP contribution in [-0.4, -0.2) is 77.8 Å². The minimum Gasteiger partial charge on any atom is -0.394 e. The standard InChI is InChI=1S/C24H30N4O4/c29-17-22-21(26-24(31)18-8-10-25-11-9-18)7-6-20(32-22)16-23(30)28-14-12-27(13-15-28)19-4-2-1-3-5-19/h1-5,8-11,20-22,29H,6-7,12-17H2,(H,26,31)/t20-,21-,22+/m1/s1. The molecule has 1 aromatic carbocycles. The average molecular weight is 439 g/mol. The van der Waals surface area contributed by atoms with Gasteiger partial charge in [-0.2, -0.15) is 0 Å². The molecule has 0 saturated carbocycles. The monoisotopic (exact) mass is 438 g/mol. The number of carbonyl (C=O) groups is 2. The molecule has 0 bridgehead atoms. The Morgan fingerprint density at radius 1 is 1.03 bits per heavy atom. The van der Waals surface area contributed by atoms with Gasteiger partial charge >= 0.3 is 0 Å². The van der Waals surface area contributed by atoms with Gasteiger partial charge in [-0.15, -0.1) is 0 Å². The molecule has 2 amide bonds. The van der Waals surface area contributed by atoms with Gasteiger partial charge in [-0.3, -0.25) is 14.6 Å². The van der Waals surface area contributed by atoms with Gasteiger partial charge in [0.2, 0.25) is 5.91 Å². The van der Waals surface area contributed by atoms with E-state index in [1.165, 1.54) is 5.69 Å². The van der Waals surface area contributed by atoms with Crippen molar-refractivity contribution in [3.8, 4) is 0 Å². The number of aliphatic hydroxyl groups excluding tert-OH is 1. The topological polar surface area (TPSA) is 95.0 Å². The Labute approximate surface area is 188 Å². The van der Waals surface area contributed by atoms with E-state index in [1.807, 2.05) is 23.1 Å². The first-order valence-corrected chi connectivity index (χ1v) is 11.2. The third-order valence-electron chi connectivity index (χ3n) is 6.21. The highest BCUT2D eigenvalue weighted by Gasteiger charge is 2.34. The van der Waals surface area contributed by atoms with Crippen molar-refractivity contribution in [2.45, 2.75) is 37.5 Å². The van der Waals surface area contributed by atoms with Crippen LogP contribution in [0.5, 0.6) is 0 Å². The number of rotatable bonds is 6. The summed E-state index contributed by atoms with van der Waals surface area (Å²) in [5.74, 6) is -0.135. The fourth-order valence-corrected chi connectivity index (χ4v) is 4.38. The lowest BCUT2D eigenvalue weighted by atomic mass is 9.96. The number of hydrogen-bond donors (Lipinski definition) is 2. The van der Waals surface area contributed by atoms with E-state index in [0.29, 0.717) is 37.9 Å².